The summed E-state index contributed by atoms with van der Waals surface area (Å²) in [5, 5.41) is 0. The number of benzene rings is 1. The Kier molecular flexibility index (Phi) is 6.14. The van der Waals surface area contributed by atoms with Gasteiger partial charge in [0.25, 0.3) is 5.91 Å². The summed E-state index contributed by atoms with van der Waals surface area (Å²) in [6, 6.07) is 7.03. The Hall–Kier alpha value is -2.37. The van der Waals surface area contributed by atoms with E-state index in [4.69, 9.17) is 10.5 Å². The van der Waals surface area contributed by atoms with Crippen LogP contribution < -0.4 is 10.6 Å². The van der Waals surface area contributed by atoms with Gasteiger partial charge in [-0.1, -0.05) is 25.7 Å². The number of carbonyl (C=O) groups excluding carboxylic acids is 3. The van der Waals surface area contributed by atoms with Crippen LogP contribution in [0.4, 0.5) is 5.69 Å². The Balaban J connectivity index is 1.71. The molecule has 27 heavy (non-hydrogen) atoms. The predicted molar refractivity (Wildman–Crippen MR) is 102 cm³/mol. The van der Waals surface area contributed by atoms with Crippen molar-refractivity contribution in [1.29, 1.82) is 0 Å². The van der Waals surface area contributed by atoms with Gasteiger partial charge in [-0.2, -0.15) is 0 Å². The number of hydrogen-bond donors (Lipinski definition) is 1. The van der Waals surface area contributed by atoms with Gasteiger partial charge in [-0.25, -0.2) is 4.79 Å². The highest BCUT2D eigenvalue weighted by atomic mass is 16.6. The molecule has 2 saturated carbocycles. The van der Waals surface area contributed by atoms with Crippen LogP contribution in [0.3, 0.4) is 0 Å². The lowest BCUT2D eigenvalue weighted by Gasteiger charge is -2.33. The Morgan fingerprint density at radius 3 is 2.15 bits per heavy atom. The first kappa shape index (κ1) is 19.4. The molecule has 0 saturated heterocycles. The quantitative estimate of drug-likeness (QED) is 0.613. The molecular formula is C21H28N2O4. The monoisotopic (exact) mass is 372 g/mol. The van der Waals surface area contributed by atoms with E-state index in [0.29, 0.717) is 18.4 Å². The van der Waals surface area contributed by atoms with Gasteiger partial charge >= 0.3 is 5.97 Å². The largest absolute Gasteiger partial charge is 0.445 e. The van der Waals surface area contributed by atoms with Crippen molar-refractivity contribution >= 4 is 24.0 Å². The predicted octanol–water partition coefficient (Wildman–Crippen LogP) is 3.33. The molecule has 6 heteroatoms. The third-order valence-corrected chi connectivity index (χ3v) is 5.88. The number of carbonyl (C=O) groups is 3. The highest BCUT2D eigenvalue weighted by Crippen LogP contribution is 2.33. The summed E-state index contributed by atoms with van der Waals surface area (Å²) in [4.78, 5) is 37.8. The summed E-state index contributed by atoms with van der Waals surface area (Å²) in [7, 11) is 0. The van der Waals surface area contributed by atoms with Gasteiger partial charge in [-0.3, -0.25) is 9.59 Å². The van der Waals surface area contributed by atoms with Crippen LogP contribution >= 0.6 is 0 Å². The van der Waals surface area contributed by atoms with Crippen LogP contribution in [-0.2, 0) is 14.3 Å². The minimum absolute atomic E-state index is 0.217. The molecule has 0 spiro atoms. The zero-order chi connectivity index (χ0) is 19.3. The molecule has 2 aliphatic rings. The van der Waals surface area contributed by atoms with E-state index in [-0.39, 0.29) is 6.04 Å². The minimum Gasteiger partial charge on any atom is -0.445 e. The maximum atomic E-state index is 12.6. The topological polar surface area (TPSA) is 89.7 Å². The summed E-state index contributed by atoms with van der Waals surface area (Å²) in [6.07, 6.45) is 9.98. The van der Waals surface area contributed by atoms with E-state index < -0.39 is 17.5 Å². The smallest absolute Gasteiger partial charge is 0.339 e. The van der Waals surface area contributed by atoms with Crippen molar-refractivity contribution in [2.75, 3.05) is 4.90 Å². The molecule has 2 amide bonds. The standard InChI is InChI=1S/C21H28N2O4/c22-20(26)21(13-5-2-6-14-21)27-19(25)16-9-11-18(12-10-16)23(15-24)17-7-3-1-4-8-17/h9-12,15,17H,1-8,13-14H2,(H2,22,26). The van der Waals surface area contributed by atoms with Gasteiger partial charge in [-0.15, -0.1) is 0 Å². The number of nitrogens with two attached hydrogens (primary N) is 1. The molecule has 146 valence electrons. The summed E-state index contributed by atoms with van der Waals surface area (Å²) >= 11 is 0. The van der Waals surface area contributed by atoms with E-state index in [2.05, 4.69) is 0 Å². The molecule has 1 aromatic carbocycles. The fourth-order valence-corrected chi connectivity index (χ4v) is 4.24. The number of hydrogen-bond acceptors (Lipinski definition) is 4. The number of nitrogens with zero attached hydrogens (tertiary/aromatic N) is 1. The van der Waals surface area contributed by atoms with E-state index in [1.54, 1.807) is 29.2 Å². The molecule has 2 aliphatic carbocycles. The Bertz CT molecular complexity index is 674. The van der Waals surface area contributed by atoms with Crippen molar-refractivity contribution in [1.82, 2.24) is 0 Å². The zero-order valence-corrected chi connectivity index (χ0v) is 15.7. The van der Waals surface area contributed by atoms with Crippen LogP contribution in [0.5, 0.6) is 0 Å². The second-order valence-electron chi connectivity index (χ2n) is 7.66. The lowest BCUT2D eigenvalue weighted by molar-refractivity contribution is -0.140. The number of primary amides is 1. The molecule has 3 rings (SSSR count). The average Bonchev–Trinajstić information content (AvgIpc) is 2.70. The Morgan fingerprint density at radius 1 is 1.00 bits per heavy atom. The molecule has 1 aromatic rings. The molecular weight excluding hydrogens is 344 g/mol. The highest BCUT2D eigenvalue weighted by Gasteiger charge is 2.42. The van der Waals surface area contributed by atoms with Crippen LogP contribution in [0.1, 0.15) is 74.6 Å². The van der Waals surface area contributed by atoms with Crippen molar-refractivity contribution in [3.05, 3.63) is 29.8 Å². The molecule has 0 bridgehead atoms. The summed E-state index contributed by atoms with van der Waals surface area (Å²) in [5.41, 5.74) is 5.48. The molecule has 0 radical (unpaired) electrons. The highest BCUT2D eigenvalue weighted by molar-refractivity contribution is 5.94. The average molecular weight is 372 g/mol. The number of esters is 1. The molecule has 0 aromatic heterocycles. The molecule has 6 nitrogen and oxygen atoms in total. The first-order valence-corrected chi connectivity index (χ1v) is 9.93. The van der Waals surface area contributed by atoms with Crippen LogP contribution in [0.15, 0.2) is 24.3 Å². The van der Waals surface area contributed by atoms with Crippen molar-refractivity contribution in [2.45, 2.75) is 75.9 Å². The number of rotatable bonds is 6. The number of anilines is 1. The van der Waals surface area contributed by atoms with Crippen LogP contribution in [0.25, 0.3) is 0 Å². The lowest BCUT2D eigenvalue weighted by atomic mass is 9.84. The first-order chi connectivity index (χ1) is 13.1. The first-order valence-electron chi connectivity index (χ1n) is 9.93. The molecule has 0 atom stereocenters. The fraction of sp³-hybridized carbons (Fsp3) is 0.571. The van der Waals surface area contributed by atoms with E-state index in [1.165, 1.54) is 6.42 Å². The SMILES string of the molecule is NC(=O)C1(OC(=O)c2ccc(N(C=O)C3CCCCC3)cc2)CCCCC1. The van der Waals surface area contributed by atoms with Gasteiger partial charge in [0.2, 0.25) is 6.41 Å². The van der Waals surface area contributed by atoms with Gasteiger partial charge < -0.3 is 15.4 Å². The molecule has 2 N–H and O–H groups in total. The van der Waals surface area contributed by atoms with Crippen molar-refractivity contribution in [3.8, 4) is 0 Å². The van der Waals surface area contributed by atoms with Gasteiger partial charge in [0.1, 0.15) is 0 Å². The second kappa shape index (κ2) is 8.55. The van der Waals surface area contributed by atoms with Crippen LogP contribution in [0.2, 0.25) is 0 Å². The lowest BCUT2D eigenvalue weighted by Crippen LogP contribution is -2.49. The Morgan fingerprint density at radius 2 is 1.59 bits per heavy atom. The molecule has 0 unspecified atom stereocenters. The van der Waals surface area contributed by atoms with Crippen molar-refractivity contribution in [3.63, 3.8) is 0 Å². The molecule has 2 fully saturated rings. The van der Waals surface area contributed by atoms with E-state index in [0.717, 1.165) is 57.0 Å². The summed E-state index contributed by atoms with van der Waals surface area (Å²) < 4.78 is 5.57. The second-order valence-corrected chi connectivity index (χ2v) is 7.66. The molecule has 0 aliphatic heterocycles. The summed E-state index contributed by atoms with van der Waals surface area (Å²) in [6.45, 7) is 0. The van der Waals surface area contributed by atoms with Crippen LogP contribution in [0, 0.1) is 0 Å². The number of amides is 2. The Labute approximate surface area is 160 Å². The van der Waals surface area contributed by atoms with E-state index in [9.17, 15) is 14.4 Å². The van der Waals surface area contributed by atoms with E-state index in [1.807, 2.05) is 0 Å². The van der Waals surface area contributed by atoms with E-state index >= 15 is 0 Å². The minimum atomic E-state index is -1.19. The fourth-order valence-electron chi connectivity index (χ4n) is 4.24. The van der Waals surface area contributed by atoms with Gasteiger partial charge in [0, 0.05) is 11.7 Å². The molecule has 0 heterocycles. The van der Waals surface area contributed by atoms with Gasteiger partial charge in [0.05, 0.1) is 5.56 Å². The van der Waals surface area contributed by atoms with Crippen molar-refractivity contribution < 1.29 is 19.1 Å². The number of ether oxygens (including phenoxy) is 1. The summed E-state index contributed by atoms with van der Waals surface area (Å²) in [5.74, 6) is -1.12. The normalized spacial score (nSPS) is 19.9. The third-order valence-electron chi connectivity index (χ3n) is 5.88. The van der Waals surface area contributed by atoms with Gasteiger partial charge in [0.15, 0.2) is 5.60 Å². The maximum absolute atomic E-state index is 12.6. The van der Waals surface area contributed by atoms with Crippen LogP contribution in [-0.4, -0.2) is 29.9 Å². The third kappa shape index (κ3) is 4.31. The van der Waals surface area contributed by atoms with Crippen molar-refractivity contribution in [2.24, 2.45) is 5.73 Å². The maximum Gasteiger partial charge on any atom is 0.339 e. The zero-order valence-electron chi connectivity index (χ0n) is 15.7. The van der Waals surface area contributed by atoms with Gasteiger partial charge in [-0.05, 0) is 62.8 Å².